The Morgan fingerprint density at radius 1 is 0.786 bits per heavy atom. The number of carbonyl (C=O) groups excluding carboxylic acids is 1. The van der Waals surface area contributed by atoms with Crippen molar-refractivity contribution in [2.45, 2.75) is 5.54 Å². The Kier molecular flexibility index (Phi) is 4.73. The quantitative estimate of drug-likeness (QED) is 0.271. The van der Waals surface area contributed by atoms with Crippen LogP contribution in [0.2, 0.25) is 0 Å². The summed E-state index contributed by atoms with van der Waals surface area (Å²) in [6.45, 7) is 3.66. The number of benzene rings is 3. The number of carbonyl (C=O) groups is 1. The van der Waals surface area contributed by atoms with Gasteiger partial charge in [-0.2, -0.15) is 0 Å². The van der Waals surface area contributed by atoms with E-state index in [-0.39, 0.29) is 5.78 Å². The Hall–Kier alpha value is -3.72. The first kappa shape index (κ1) is 17.7. The molecule has 0 saturated heterocycles. The van der Waals surface area contributed by atoms with E-state index in [0.29, 0.717) is 5.82 Å². The fraction of sp³-hybridized carbons (Fsp3) is 0.0400. The Balaban J connectivity index is 2.16. The fourth-order valence-electron chi connectivity index (χ4n) is 3.80. The second kappa shape index (κ2) is 7.49. The molecule has 4 aromatic rings. The van der Waals surface area contributed by atoms with E-state index in [1.165, 1.54) is 6.08 Å². The van der Waals surface area contributed by atoms with E-state index in [1.807, 2.05) is 65.4 Å². The highest BCUT2D eigenvalue weighted by molar-refractivity contribution is 6.01. The highest BCUT2D eigenvalue weighted by Crippen LogP contribution is 2.41. The van der Waals surface area contributed by atoms with Gasteiger partial charge in [-0.25, -0.2) is 4.98 Å². The number of nitrogens with zero attached hydrogens (tertiary/aromatic N) is 2. The normalized spacial score (nSPS) is 11.1. The molecule has 0 atom stereocenters. The maximum atomic E-state index is 12.6. The summed E-state index contributed by atoms with van der Waals surface area (Å²) in [4.78, 5) is 17.0. The van der Waals surface area contributed by atoms with Crippen LogP contribution in [0.4, 0.5) is 0 Å². The SMILES string of the molecule is C=CC(=O)c1nccn1C(c1ccccc1)(c1ccccc1)c1ccccc1. The second-order valence-corrected chi connectivity index (χ2v) is 6.50. The molecule has 0 aliphatic carbocycles. The van der Waals surface area contributed by atoms with Crippen molar-refractivity contribution in [1.29, 1.82) is 0 Å². The van der Waals surface area contributed by atoms with E-state index in [1.54, 1.807) is 6.20 Å². The molecule has 1 aromatic heterocycles. The highest BCUT2D eigenvalue weighted by atomic mass is 16.1. The van der Waals surface area contributed by atoms with E-state index in [2.05, 4.69) is 48.0 Å². The molecular weight excluding hydrogens is 344 g/mol. The Bertz CT molecular complexity index is 986. The molecule has 0 aliphatic rings. The Morgan fingerprint density at radius 2 is 1.21 bits per heavy atom. The number of hydrogen-bond acceptors (Lipinski definition) is 2. The number of hydrogen-bond donors (Lipinski definition) is 0. The zero-order chi connectivity index (χ0) is 19.4. The van der Waals surface area contributed by atoms with Gasteiger partial charge in [-0.1, -0.05) is 97.6 Å². The zero-order valence-electron chi connectivity index (χ0n) is 15.4. The fourth-order valence-corrected chi connectivity index (χ4v) is 3.80. The van der Waals surface area contributed by atoms with Gasteiger partial charge in [0.1, 0.15) is 5.54 Å². The first-order chi connectivity index (χ1) is 13.8. The maximum Gasteiger partial charge on any atom is 0.220 e. The molecule has 0 N–H and O–H groups in total. The van der Waals surface area contributed by atoms with Crippen LogP contribution in [0.25, 0.3) is 0 Å². The van der Waals surface area contributed by atoms with Crippen molar-refractivity contribution in [3.8, 4) is 0 Å². The molecule has 0 amide bonds. The molecule has 1 heterocycles. The van der Waals surface area contributed by atoms with E-state index in [9.17, 15) is 4.79 Å². The van der Waals surface area contributed by atoms with Gasteiger partial charge in [-0.3, -0.25) is 4.79 Å². The van der Waals surface area contributed by atoms with Crippen molar-refractivity contribution in [2.24, 2.45) is 0 Å². The lowest BCUT2D eigenvalue weighted by Gasteiger charge is -2.38. The summed E-state index contributed by atoms with van der Waals surface area (Å²) in [6.07, 6.45) is 4.84. The van der Waals surface area contributed by atoms with Crippen molar-refractivity contribution in [3.63, 3.8) is 0 Å². The van der Waals surface area contributed by atoms with Crippen LogP contribution in [-0.4, -0.2) is 15.3 Å². The standard InChI is InChI=1S/C25H20N2O/c1-2-23(28)24-26-18-19-27(24)25(20-12-6-3-7-13-20,21-14-8-4-9-15-21)22-16-10-5-11-17-22/h2-19H,1H2. The minimum atomic E-state index is -0.742. The van der Waals surface area contributed by atoms with Crippen LogP contribution in [-0.2, 0) is 5.54 Å². The number of allylic oxidation sites excluding steroid dienone is 1. The molecule has 0 bridgehead atoms. The summed E-state index contributed by atoms with van der Waals surface area (Å²) in [5.74, 6) is 0.142. The largest absolute Gasteiger partial charge is 0.310 e. The van der Waals surface area contributed by atoms with Crippen LogP contribution in [0.15, 0.2) is 116 Å². The Labute approximate surface area is 164 Å². The minimum absolute atomic E-state index is 0.211. The van der Waals surface area contributed by atoms with Crippen LogP contribution in [0.5, 0.6) is 0 Å². The van der Waals surface area contributed by atoms with Gasteiger partial charge in [0.25, 0.3) is 0 Å². The molecule has 0 saturated carbocycles. The number of imidazole rings is 1. The van der Waals surface area contributed by atoms with Crippen molar-refractivity contribution in [2.75, 3.05) is 0 Å². The van der Waals surface area contributed by atoms with Gasteiger partial charge >= 0.3 is 0 Å². The van der Waals surface area contributed by atoms with Gasteiger partial charge in [0.2, 0.25) is 5.78 Å². The Morgan fingerprint density at radius 3 is 1.61 bits per heavy atom. The molecule has 0 unspecified atom stereocenters. The van der Waals surface area contributed by atoms with Crippen LogP contribution in [0.1, 0.15) is 27.3 Å². The molecule has 3 aromatic carbocycles. The number of ketones is 1. The molecule has 3 heteroatoms. The molecule has 0 spiro atoms. The maximum absolute atomic E-state index is 12.6. The molecule has 28 heavy (non-hydrogen) atoms. The van der Waals surface area contributed by atoms with Crippen molar-refractivity contribution >= 4 is 5.78 Å². The summed E-state index contributed by atoms with van der Waals surface area (Å²) in [7, 11) is 0. The highest BCUT2D eigenvalue weighted by Gasteiger charge is 2.40. The van der Waals surface area contributed by atoms with Crippen LogP contribution in [0, 0.1) is 0 Å². The molecule has 0 fully saturated rings. The van der Waals surface area contributed by atoms with Gasteiger partial charge in [0.05, 0.1) is 0 Å². The summed E-state index contributed by atoms with van der Waals surface area (Å²) in [5, 5.41) is 0. The van der Waals surface area contributed by atoms with Crippen molar-refractivity contribution in [1.82, 2.24) is 9.55 Å². The predicted octanol–water partition coefficient (Wildman–Crippen LogP) is 5.09. The van der Waals surface area contributed by atoms with Crippen LogP contribution >= 0.6 is 0 Å². The van der Waals surface area contributed by atoms with E-state index >= 15 is 0 Å². The van der Waals surface area contributed by atoms with E-state index in [0.717, 1.165) is 16.7 Å². The molecule has 4 rings (SSSR count). The minimum Gasteiger partial charge on any atom is -0.310 e. The lowest BCUT2D eigenvalue weighted by molar-refractivity contribution is 0.103. The zero-order valence-corrected chi connectivity index (χ0v) is 15.4. The molecule has 0 aliphatic heterocycles. The average molecular weight is 364 g/mol. The first-order valence-electron chi connectivity index (χ1n) is 9.15. The summed E-state index contributed by atoms with van der Waals surface area (Å²) in [6, 6.07) is 30.6. The molecular formula is C25H20N2O. The van der Waals surface area contributed by atoms with Gasteiger partial charge in [-0.15, -0.1) is 0 Å². The van der Waals surface area contributed by atoms with Crippen molar-refractivity contribution < 1.29 is 4.79 Å². The van der Waals surface area contributed by atoms with E-state index < -0.39 is 5.54 Å². The predicted molar refractivity (Wildman–Crippen MR) is 111 cm³/mol. The van der Waals surface area contributed by atoms with Gasteiger partial charge < -0.3 is 4.57 Å². The lowest BCUT2D eigenvalue weighted by Crippen LogP contribution is -2.39. The smallest absolute Gasteiger partial charge is 0.220 e. The van der Waals surface area contributed by atoms with E-state index in [4.69, 9.17) is 0 Å². The van der Waals surface area contributed by atoms with Gasteiger partial charge in [0, 0.05) is 12.4 Å². The van der Waals surface area contributed by atoms with Crippen LogP contribution < -0.4 is 0 Å². The summed E-state index contributed by atoms with van der Waals surface area (Å²) in [5.41, 5.74) is 2.39. The summed E-state index contributed by atoms with van der Waals surface area (Å²) >= 11 is 0. The van der Waals surface area contributed by atoms with Crippen molar-refractivity contribution in [3.05, 3.63) is 139 Å². The van der Waals surface area contributed by atoms with Gasteiger partial charge in [0.15, 0.2) is 5.82 Å². The first-order valence-corrected chi connectivity index (χ1v) is 9.15. The molecule has 136 valence electrons. The third-order valence-electron chi connectivity index (χ3n) is 4.98. The monoisotopic (exact) mass is 364 g/mol. The lowest BCUT2D eigenvalue weighted by atomic mass is 9.76. The second-order valence-electron chi connectivity index (χ2n) is 6.50. The third kappa shape index (κ3) is 2.78. The number of rotatable bonds is 6. The van der Waals surface area contributed by atoms with Crippen LogP contribution in [0.3, 0.4) is 0 Å². The molecule has 3 nitrogen and oxygen atoms in total. The molecule has 0 radical (unpaired) electrons. The average Bonchev–Trinajstić information content (AvgIpc) is 3.26. The third-order valence-corrected chi connectivity index (χ3v) is 4.98. The number of aromatic nitrogens is 2. The van der Waals surface area contributed by atoms with Gasteiger partial charge in [-0.05, 0) is 22.8 Å². The summed E-state index contributed by atoms with van der Waals surface area (Å²) < 4.78 is 1.96. The topological polar surface area (TPSA) is 34.9 Å².